The maximum atomic E-state index is 12.7. The zero-order valence-electron chi connectivity index (χ0n) is 17.0. The Morgan fingerprint density at radius 1 is 1.21 bits per heavy atom. The number of hydrogen-bond acceptors (Lipinski definition) is 5. The van der Waals surface area contributed by atoms with E-state index in [-0.39, 0.29) is 42.3 Å². The summed E-state index contributed by atoms with van der Waals surface area (Å²) in [4.78, 5) is 5.64. The third-order valence-corrected chi connectivity index (χ3v) is 7.25. The van der Waals surface area contributed by atoms with Crippen molar-refractivity contribution in [2.75, 3.05) is 18.8 Å². The molecule has 0 saturated carbocycles. The molecule has 2 aromatic rings. The minimum atomic E-state index is -3.40. The molecule has 29 heavy (non-hydrogen) atoms. The van der Waals surface area contributed by atoms with Crippen LogP contribution in [0.4, 0.5) is 0 Å². The van der Waals surface area contributed by atoms with Crippen LogP contribution in [0.5, 0.6) is 0 Å². The van der Waals surface area contributed by atoms with Gasteiger partial charge in [-0.1, -0.05) is 31.2 Å². The zero-order chi connectivity index (χ0) is 20.6. The summed E-state index contributed by atoms with van der Waals surface area (Å²) in [5.41, 5.74) is -1.08. The van der Waals surface area contributed by atoms with E-state index in [0.717, 1.165) is 4.88 Å². The molecule has 0 amide bonds. The van der Waals surface area contributed by atoms with Crippen LogP contribution < -0.4 is 10.6 Å². The van der Waals surface area contributed by atoms with Gasteiger partial charge in [-0.3, -0.25) is 0 Å². The quantitative estimate of drug-likeness (QED) is 0.253. The molecule has 0 bridgehead atoms. The Bertz CT molecular complexity index is 854. The number of rotatable bonds is 9. The highest BCUT2D eigenvalue weighted by atomic mass is 127. The highest BCUT2D eigenvalue weighted by Crippen LogP contribution is 2.25. The largest absolute Gasteiger partial charge is 0.383 e. The maximum absolute atomic E-state index is 12.7. The number of nitrogens with one attached hydrogen (secondary N) is 2. The van der Waals surface area contributed by atoms with Crippen molar-refractivity contribution in [1.82, 2.24) is 10.6 Å². The van der Waals surface area contributed by atoms with E-state index in [9.17, 15) is 13.5 Å². The predicted molar refractivity (Wildman–Crippen MR) is 131 cm³/mol. The van der Waals surface area contributed by atoms with E-state index in [1.165, 1.54) is 11.3 Å². The molecule has 0 radical (unpaired) electrons. The Morgan fingerprint density at radius 3 is 2.45 bits per heavy atom. The number of halogens is 1. The van der Waals surface area contributed by atoms with E-state index in [0.29, 0.717) is 23.8 Å². The second-order valence-corrected chi connectivity index (χ2v) is 9.77. The van der Waals surface area contributed by atoms with E-state index >= 15 is 0 Å². The lowest BCUT2D eigenvalue weighted by Gasteiger charge is -2.23. The number of sulfone groups is 1. The topological polar surface area (TPSA) is 90.8 Å². The molecule has 0 aliphatic heterocycles. The smallest absolute Gasteiger partial charge is 0.191 e. The molecule has 162 valence electrons. The van der Waals surface area contributed by atoms with Crippen molar-refractivity contribution in [3.8, 4) is 0 Å². The number of aliphatic hydroxyl groups is 1. The number of nitrogens with zero attached hydrogens (tertiary/aromatic N) is 1. The molecule has 6 nitrogen and oxygen atoms in total. The summed E-state index contributed by atoms with van der Waals surface area (Å²) in [6, 6.07) is 11.9. The van der Waals surface area contributed by atoms with Gasteiger partial charge in [0.15, 0.2) is 15.8 Å². The van der Waals surface area contributed by atoms with Crippen molar-refractivity contribution in [1.29, 1.82) is 0 Å². The summed E-state index contributed by atoms with van der Waals surface area (Å²) in [6.45, 7) is 6.41. The molecular weight excluding hydrogens is 521 g/mol. The summed E-state index contributed by atoms with van der Waals surface area (Å²) in [5.74, 6) is 0.466. The van der Waals surface area contributed by atoms with Crippen LogP contribution in [0.1, 0.15) is 32.1 Å². The molecule has 3 N–H and O–H groups in total. The predicted octanol–water partition coefficient (Wildman–Crippen LogP) is 3.38. The lowest BCUT2D eigenvalue weighted by atomic mass is 10.1. The molecule has 0 fully saturated rings. The third kappa shape index (κ3) is 7.88. The Hall–Kier alpha value is -1.17. The van der Waals surface area contributed by atoms with Crippen molar-refractivity contribution < 1.29 is 13.5 Å². The van der Waals surface area contributed by atoms with Crippen LogP contribution in [0.3, 0.4) is 0 Å². The molecule has 2 rings (SSSR count). The van der Waals surface area contributed by atoms with Crippen LogP contribution in [0.2, 0.25) is 0 Å². The molecule has 2 atom stereocenters. The maximum Gasteiger partial charge on any atom is 0.191 e. The van der Waals surface area contributed by atoms with Gasteiger partial charge >= 0.3 is 0 Å². The standard InChI is InChI=1S/C20H29N3O3S2.HI/c1-4-16(14-28(25,26)17-10-7-6-8-11-17)23-19(21-5-2)22-15-20(3,24)18-12-9-13-27-18;/h6-13,16,24H,4-5,14-15H2,1-3H3,(H2,21,22,23);1H. The summed E-state index contributed by atoms with van der Waals surface area (Å²) < 4.78 is 25.3. The Morgan fingerprint density at radius 2 is 1.90 bits per heavy atom. The Kier molecular flexibility index (Phi) is 10.6. The van der Waals surface area contributed by atoms with E-state index in [1.807, 2.05) is 31.4 Å². The summed E-state index contributed by atoms with van der Waals surface area (Å²) >= 11 is 1.48. The number of hydrogen-bond donors (Lipinski definition) is 3. The zero-order valence-corrected chi connectivity index (χ0v) is 20.9. The van der Waals surface area contributed by atoms with Gasteiger partial charge in [-0.25, -0.2) is 13.4 Å². The van der Waals surface area contributed by atoms with Crippen LogP contribution in [0.15, 0.2) is 57.7 Å². The fraction of sp³-hybridized carbons (Fsp3) is 0.450. The van der Waals surface area contributed by atoms with Gasteiger partial charge in [-0.05, 0) is 43.8 Å². The van der Waals surface area contributed by atoms with Gasteiger partial charge in [0.1, 0.15) is 5.60 Å². The van der Waals surface area contributed by atoms with Crippen LogP contribution in [0, 0.1) is 0 Å². The normalized spacial score (nSPS) is 15.1. The van der Waals surface area contributed by atoms with Crippen LogP contribution in [-0.2, 0) is 15.4 Å². The van der Waals surface area contributed by atoms with Gasteiger partial charge in [-0.15, -0.1) is 35.3 Å². The van der Waals surface area contributed by atoms with Gasteiger partial charge in [0, 0.05) is 17.5 Å². The first kappa shape index (κ1) is 25.9. The molecular formula is C20H30IN3O3S2. The second kappa shape index (κ2) is 11.9. The van der Waals surface area contributed by atoms with Crippen molar-refractivity contribution >= 4 is 51.1 Å². The second-order valence-electron chi connectivity index (χ2n) is 6.79. The molecule has 0 aliphatic rings. The Labute approximate surface area is 194 Å². The first-order valence-electron chi connectivity index (χ1n) is 9.37. The van der Waals surface area contributed by atoms with E-state index in [1.54, 1.807) is 37.3 Å². The molecule has 0 aliphatic carbocycles. The van der Waals surface area contributed by atoms with Crippen molar-refractivity contribution in [2.24, 2.45) is 4.99 Å². The van der Waals surface area contributed by atoms with Gasteiger partial charge in [0.25, 0.3) is 0 Å². The summed E-state index contributed by atoms with van der Waals surface area (Å²) in [5, 5.41) is 18.9. The number of aliphatic imine (C=N–C) groups is 1. The average Bonchev–Trinajstić information content (AvgIpc) is 3.22. The van der Waals surface area contributed by atoms with Crippen LogP contribution in [-0.4, -0.2) is 44.4 Å². The fourth-order valence-electron chi connectivity index (χ4n) is 2.66. The molecule has 1 heterocycles. The minimum Gasteiger partial charge on any atom is -0.383 e. The first-order chi connectivity index (χ1) is 13.3. The Balaban J connectivity index is 0.00000420. The number of benzene rings is 1. The molecule has 1 aromatic heterocycles. The number of thiophene rings is 1. The third-order valence-electron chi connectivity index (χ3n) is 4.30. The fourth-order valence-corrected chi connectivity index (χ4v) is 5.05. The lowest BCUT2D eigenvalue weighted by molar-refractivity contribution is 0.0711. The minimum absolute atomic E-state index is 0. The van der Waals surface area contributed by atoms with Gasteiger partial charge in [0.2, 0.25) is 0 Å². The van der Waals surface area contributed by atoms with Gasteiger partial charge in [-0.2, -0.15) is 0 Å². The van der Waals surface area contributed by atoms with Crippen LogP contribution >= 0.6 is 35.3 Å². The highest BCUT2D eigenvalue weighted by Gasteiger charge is 2.25. The summed E-state index contributed by atoms with van der Waals surface area (Å²) in [6.07, 6.45) is 0.623. The van der Waals surface area contributed by atoms with Gasteiger partial charge < -0.3 is 15.7 Å². The first-order valence-corrected chi connectivity index (χ1v) is 11.9. The van der Waals surface area contributed by atoms with Crippen molar-refractivity contribution in [3.05, 3.63) is 52.7 Å². The van der Waals surface area contributed by atoms with E-state index in [2.05, 4.69) is 15.6 Å². The summed E-state index contributed by atoms with van der Waals surface area (Å²) in [7, 11) is -3.40. The van der Waals surface area contributed by atoms with Crippen molar-refractivity contribution in [3.63, 3.8) is 0 Å². The van der Waals surface area contributed by atoms with E-state index < -0.39 is 15.4 Å². The number of guanidine groups is 1. The lowest BCUT2D eigenvalue weighted by Crippen LogP contribution is -2.46. The molecule has 1 aromatic carbocycles. The molecule has 0 spiro atoms. The molecule has 9 heteroatoms. The monoisotopic (exact) mass is 551 g/mol. The molecule has 0 saturated heterocycles. The van der Waals surface area contributed by atoms with Crippen LogP contribution in [0.25, 0.3) is 0 Å². The van der Waals surface area contributed by atoms with Crippen molar-refractivity contribution in [2.45, 2.75) is 43.7 Å². The SMILES string of the molecule is CCNC(=NCC(C)(O)c1cccs1)NC(CC)CS(=O)(=O)c1ccccc1.I. The average molecular weight is 552 g/mol. The molecule has 2 unspecified atom stereocenters. The van der Waals surface area contributed by atoms with Gasteiger partial charge in [0.05, 0.1) is 17.2 Å². The van der Waals surface area contributed by atoms with E-state index in [4.69, 9.17) is 0 Å². The highest BCUT2D eigenvalue weighted by molar-refractivity contribution is 14.0.